The van der Waals surface area contributed by atoms with Gasteiger partial charge in [-0.1, -0.05) is 11.6 Å². The second kappa shape index (κ2) is 7.45. The Morgan fingerprint density at radius 2 is 2.00 bits per heavy atom. The predicted octanol–water partition coefficient (Wildman–Crippen LogP) is 3.08. The molecule has 1 N–H and O–H groups in total. The van der Waals surface area contributed by atoms with Gasteiger partial charge in [0, 0.05) is 6.20 Å². The van der Waals surface area contributed by atoms with E-state index in [2.05, 4.69) is 15.5 Å². The molecule has 0 fully saturated rings. The van der Waals surface area contributed by atoms with Crippen molar-refractivity contribution in [3.63, 3.8) is 0 Å². The number of amides is 1. The number of aryl methyl sites for hydroxylation is 1. The number of aromatic nitrogens is 2. The maximum absolute atomic E-state index is 12.5. The number of nitrogens with one attached hydrogen (secondary N) is 1. The van der Waals surface area contributed by atoms with Crippen molar-refractivity contribution in [1.82, 2.24) is 14.8 Å². The van der Waals surface area contributed by atoms with Crippen LogP contribution in [0.3, 0.4) is 0 Å². The van der Waals surface area contributed by atoms with E-state index in [4.69, 9.17) is 21.1 Å². The van der Waals surface area contributed by atoms with Gasteiger partial charge in [-0.3, -0.25) is 9.20 Å². The van der Waals surface area contributed by atoms with Gasteiger partial charge in [0.2, 0.25) is 0 Å². The van der Waals surface area contributed by atoms with E-state index in [1.807, 2.05) is 0 Å². The fraction of sp³-hybridized carbons (Fsp3) is 0.167. The zero-order chi connectivity index (χ0) is 18.7. The Hall–Kier alpha value is -3.06. The molecule has 26 heavy (non-hydrogen) atoms. The first kappa shape index (κ1) is 17.8. The van der Waals surface area contributed by atoms with Crippen LogP contribution >= 0.6 is 11.6 Å². The van der Waals surface area contributed by atoms with Gasteiger partial charge in [0.15, 0.2) is 11.5 Å². The number of fused-ring (bicyclic) bond motifs is 1. The normalized spacial score (nSPS) is 11.1. The molecule has 0 bridgehead atoms. The van der Waals surface area contributed by atoms with Gasteiger partial charge in [0.1, 0.15) is 11.3 Å². The summed E-state index contributed by atoms with van der Waals surface area (Å²) in [6, 6.07) is 8.79. The highest BCUT2D eigenvalue weighted by atomic mass is 35.5. The van der Waals surface area contributed by atoms with Gasteiger partial charge in [0.05, 0.1) is 31.2 Å². The van der Waals surface area contributed by atoms with E-state index in [1.54, 1.807) is 62.1 Å². The van der Waals surface area contributed by atoms with Gasteiger partial charge in [-0.15, -0.1) is 0 Å². The molecule has 3 rings (SSSR count). The van der Waals surface area contributed by atoms with Gasteiger partial charge in [-0.25, -0.2) is 10.4 Å². The van der Waals surface area contributed by atoms with Crippen LogP contribution in [0.5, 0.6) is 11.5 Å². The Morgan fingerprint density at radius 1 is 1.23 bits per heavy atom. The highest BCUT2D eigenvalue weighted by molar-refractivity contribution is 6.30. The lowest BCUT2D eigenvalue weighted by Crippen LogP contribution is -2.20. The summed E-state index contributed by atoms with van der Waals surface area (Å²) in [5.74, 6) is 0.816. The van der Waals surface area contributed by atoms with E-state index in [9.17, 15) is 4.79 Å². The number of halogens is 1. The molecule has 134 valence electrons. The number of carbonyl (C=O) groups is 1. The minimum atomic E-state index is -0.381. The Bertz CT molecular complexity index is 998. The SMILES string of the molecule is COc1ccc(/C=N/NC(=O)c2c(C)nc3ccc(Cl)cn23)cc1OC. The first-order chi connectivity index (χ1) is 12.5. The van der Waals surface area contributed by atoms with Crippen molar-refractivity contribution < 1.29 is 14.3 Å². The minimum Gasteiger partial charge on any atom is -0.493 e. The topological polar surface area (TPSA) is 77.2 Å². The Labute approximate surface area is 155 Å². The number of hydrogen-bond acceptors (Lipinski definition) is 5. The quantitative estimate of drug-likeness (QED) is 0.551. The zero-order valence-electron chi connectivity index (χ0n) is 14.5. The summed E-state index contributed by atoms with van der Waals surface area (Å²) in [7, 11) is 3.12. The average Bonchev–Trinajstić information content (AvgIpc) is 2.96. The maximum atomic E-state index is 12.5. The number of hydrazone groups is 1. The lowest BCUT2D eigenvalue weighted by molar-refractivity contribution is 0.0948. The van der Waals surface area contributed by atoms with Crippen molar-refractivity contribution in [1.29, 1.82) is 0 Å². The molecule has 3 aromatic rings. The number of methoxy groups -OCH3 is 2. The van der Waals surface area contributed by atoms with Gasteiger partial charge < -0.3 is 9.47 Å². The molecule has 0 aliphatic carbocycles. The fourth-order valence-electron chi connectivity index (χ4n) is 2.56. The molecule has 1 amide bonds. The molecule has 0 saturated heterocycles. The third kappa shape index (κ3) is 3.48. The van der Waals surface area contributed by atoms with Crippen LogP contribution in [-0.4, -0.2) is 35.7 Å². The molecule has 0 radical (unpaired) electrons. The van der Waals surface area contributed by atoms with Crippen molar-refractivity contribution in [2.75, 3.05) is 14.2 Å². The van der Waals surface area contributed by atoms with Crippen molar-refractivity contribution in [3.8, 4) is 11.5 Å². The molecule has 0 saturated carbocycles. The Morgan fingerprint density at radius 3 is 2.73 bits per heavy atom. The molecular weight excluding hydrogens is 356 g/mol. The molecule has 2 heterocycles. The van der Waals surface area contributed by atoms with Crippen LogP contribution < -0.4 is 14.9 Å². The average molecular weight is 373 g/mol. The largest absolute Gasteiger partial charge is 0.493 e. The monoisotopic (exact) mass is 372 g/mol. The van der Waals surface area contributed by atoms with Gasteiger partial charge in [0.25, 0.3) is 5.91 Å². The van der Waals surface area contributed by atoms with E-state index < -0.39 is 0 Å². The van der Waals surface area contributed by atoms with Crippen molar-refractivity contribution in [3.05, 3.63) is 58.5 Å². The molecule has 0 aliphatic rings. The van der Waals surface area contributed by atoms with Crippen molar-refractivity contribution in [2.45, 2.75) is 6.92 Å². The third-order valence-corrected chi connectivity index (χ3v) is 3.98. The molecule has 8 heteroatoms. The summed E-state index contributed by atoms with van der Waals surface area (Å²) < 4.78 is 12.1. The summed E-state index contributed by atoms with van der Waals surface area (Å²) in [5.41, 5.74) is 4.87. The first-order valence-electron chi connectivity index (χ1n) is 7.73. The van der Waals surface area contributed by atoms with E-state index in [0.717, 1.165) is 5.56 Å². The summed E-state index contributed by atoms with van der Waals surface area (Å²) >= 11 is 6.01. The van der Waals surface area contributed by atoms with Gasteiger partial charge in [-0.2, -0.15) is 5.10 Å². The maximum Gasteiger partial charge on any atom is 0.290 e. The number of nitrogens with zero attached hydrogens (tertiary/aromatic N) is 3. The van der Waals surface area contributed by atoms with E-state index in [-0.39, 0.29) is 5.91 Å². The van der Waals surface area contributed by atoms with Crippen LogP contribution in [0.2, 0.25) is 5.02 Å². The van der Waals surface area contributed by atoms with Crippen LogP contribution in [-0.2, 0) is 0 Å². The smallest absolute Gasteiger partial charge is 0.290 e. The van der Waals surface area contributed by atoms with Crippen LogP contribution in [0, 0.1) is 6.92 Å². The number of pyridine rings is 1. The number of benzene rings is 1. The van der Waals surface area contributed by atoms with E-state index in [1.165, 1.54) is 6.21 Å². The number of rotatable bonds is 5. The second-order valence-electron chi connectivity index (χ2n) is 5.43. The fourth-order valence-corrected chi connectivity index (χ4v) is 2.72. The Kier molecular flexibility index (Phi) is 5.09. The number of carbonyl (C=O) groups excluding carboxylic acids is 1. The molecule has 1 aromatic carbocycles. The zero-order valence-corrected chi connectivity index (χ0v) is 15.2. The van der Waals surface area contributed by atoms with Crippen LogP contribution in [0.15, 0.2) is 41.6 Å². The minimum absolute atomic E-state index is 0.381. The molecule has 0 spiro atoms. The summed E-state index contributed by atoms with van der Waals surface area (Å²) in [4.78, 5) is 16.8. The molecule has 0 aliphatic heterocycles. The molecule has 0 atom stereocenters. The summed E-state index contributed by atoms with van der Waals surface area (Å²) in [5, 5.41) is 4.52. The molecule has 7 nitrogen and oxygen atoms in total. The lowest BCUT2D eigenvalue weighted by atomic mass is 10.2. The molecular formula is C18H17ClN4O3. The van der Waals surface area contributed by atoms with E-state index >= 15 is 0 Å². The number of ether oxygens (including phenoxy) is 2. The van der Waals surface area contributed by atoms with E-state index in [0.29, 0.717) is 33.6 Å². The first-order valence-corrected chi connectivity index (χ1v) is 8.11. The predicted molar refractivity (Wildman–Crippen MR) is 99.5 cm³/mol. The lowest BCUT2D eigenvalue weighted by Gasteiger charge is -2.07. The standard InChI is InChI=1S/C18H17ClN4O3/c1-11-17(23-10-13(19)5-7-16(23)21-11)18(24)22-20-9-12-4-6-14(25-2)15(8-12)26-3/h4-10H,1-3H3,(H,22,24)/b20-9+. The molecule has 2 aromatic heterocycles. The summed E-state index contributed by atoms with van der Waals surface area (Å²) in [6.45, 7) is 1.76. The molecule has 0 unspecified atom stereocenters. The van der Waals surface area contributed by atoms with Crippen molar-refractivity contribution >= 4 is 29.4 Å². The summed E-state index contributed by atoms with van der Waals surface area (Å²) in [6.07, 6.45) is 3.16. The van der Waals surface area contributed by atoms with Crippen LogP contribution in [0.25, 0.3) is 5.65 Å². The number of hydrogen-bond donors (Lipinski definition) is 1. The van der Waals surface area contributed by atoms with Gasteiger partial charge in [-0.05, 0) is 42.8 Å². The van der Waals surface area contributed by atoms with Crippen LogP contribution in [0.4, 0.5) is 0 Å². The van der Waals surface area contributed by atoms with Crippen molar-refractivity contribution in [2.24, 2.45) is 5.10 Å². The Balaban J connectivity index is 1.80. The number of imidazole rings is 1. The van der Waals surface area contributed by atoms with Crippen LogP contribution in [0.1, 0.15) is 21.7 Å². The van der Waals surface area contributed by atoms with Gasteiger partial charge >= 0.3 is 0 Å². The highest BCUT2D eigenvalue weighted by Crippen LogP contribution is 2.26. The highest BCUT2D eigenvalue weighted by Gasteiger charge is 2.16. The second-order valence-corrected chi connectivity index (χ2v) is 5.87. The third-order valence-electron chi connectivity index (χ3n) is 3.76.